The van der Waals surface area contributed by atoms with Crippen LogP contribution < -0.4 is 10.2 Å². The Balaban J connectivity index is 2.00. The summed E-state index contributed by atoms with van der Waals surface area (Å²) in [5.41, 5.74) is 2.31. The lowest BCUT2D eigenvalue weighted by atomic mass is 10.1. The molecule has 1 unspecified atom stereocenters. The molecule has 118 valence electrons. The van der Waals surface area contributed by atoms with Crippen LogP contribution in [0.15, 0.2) is 18.2 Å². The maximum absolute atomic E-state index is 6.42. The number of anilines is 1. The molecule has 1 saturated heterocycles. The topological polar surface area (TPSA) is 33.7 Å². The minimum Gasteiger partial charge on any atom is -0.383 e. The lowest BCUT2D eigenvalue weighted by Crippen LogP contribution is -2.45. The summed E-state index contributed by atoms with van der Waals surface area (Å²) >= 11 is 6.42. The van der Waals surface area contributed by atoms with Crippen molar-refractivity contribution >= 4 is 17.3 Å². The van der Waals surface area contributed by atoms with Crippen LogP contribution in [0.3, 0.4) is 0 Å². The van der Waals surface area contributed by atoms with Gasteiger partial charge in [0, 0.05) is 37.5 Å². The van der Waals surface area contributed by atoms with Crippen molar-refractivity contribution in [3.05, 3.63) is 28.8 Å². The van der Waals surface area contributed by atoms with Gasteiger partial charge in [0.25, 0.3) is 0 Å². The third-order valence-corrected chi connectivity index (χ3v) is 4.22. The van der Waals surface area contributed by atoms with E-state index in [4.69, 9.17) is 21.1 Å². The number of hydrogen-bond acceptors (Lipinski definition) is 4. The van der Waals surface area contributed by atoms with Crippen LogP contribution in [0.2, 0.25) is 5.02 Å². The molecule has 1 N–H and O–H groups in total. The van der Waals surface area contributed by atoms with Crippen LogP contribution in [0.4, 0.5) is 5.69 Å². The number of ether oxygens (including phenoxy) is 2. The molecular formula is C16H25ClN2O2. The highest BCUT2D eigenvalue weighted by atomic mass is 35.5. The molecule has 0 bridgehead atoms. The number of halogens is 1. The molecular weight excluding hydrogens is 288 g/mol. The van der Waals surface area contributed by atoms with Crippen LogP contribution >= 0.6 is 11.6 Å². The summed E-state index contributed by atoms with van der Waals surface area (Å²) in [7, 11) is 1.70. The Bertz CT molecular complexity index is 442. The molecule has 0 amide bonds. The summed E-state index contributed by atoms with van der Waals surface area (Å²) in [6, 6.07) is 6.79. The Kier molecular flexibility index (Phi) is 6.77. The molecule has 1 aromatic rings. The lowest BCUT2D eigenvalue weighted by Gasteiger charge is -2.37. The van der Waals surface area contributed by atoms with Crippen molar-refractivity contribution in [3.63, 3.8) is 0 Å². The van der Waals surface area contributed by atoms with Gasteiger partial charge in [0.2, 0.25) is 0 Å². The Hall–Kier alpha value is -0.810. The van der Waals surface area contributed by atoms with Crippen LogP contribution in [-0.4, -0.2) is 46.1 Å². The molecule has 0 radical (unpaired) electrons. The molecule has 21 heavy (non-hydrogen) atoms. The third-order valence-electron chi connectivity index (χ3n) is 3.87. The number of morpholine rings is 1. The summed E-state index contributed by atoms with van der Waals surface area (Å²) in [5, 5.41) is 4.14. The first-order chi connectivity index (χ1) is 10.3. The number of rotatable bonds is 7. The normalized spacial score (nSPS) is 19.0. The molecule has 1 heterocycles. The average molecular weight is 313 g/mol. The van der Waals surface area contributed by atoms with Crippen molar-refractivity contribution < 1.29 is 9.47 Å². The van der Waals surface area contributed by atoms with E-state index >= 15 is 0 Å². The highest BCUT2D eigenvalue weighted by molar-refractivity contribution is 6.31. The highest BCUT2D eigenvalue weighted by Gasteiger charge is 2.22. The molecule has 0 saturated carbocycles. The Morgan fingerprint density at radius 1 is 1.48 bits per heavy atom. The van der Waals surface area contributed by atoms with Gasteiger partial charge >= 0.3 is 0 Å². The maximum Gasteiger partial charge on any atom is 0.0670 e. The zero-order valence-corrected chi connectivity index (χ0v) is 13.7. The molecule has 4 nitrogen and oxygen atoms in total. The molecule has 0 aromatic heterocycles. The molecule has 1 aromatic carbocycles. The maximum atomic E-state index is 6.42. The van der Waals surface area contributed by atoms with E-state index in [-0.39, 0.29) is 0 Å². The Morgan fingerprint density at radius 2 is 2.33 bits per heavy atom. The Morgan fingerprint density at radius 3 is 3.05 bits per heavy atom. The number of hydrogen-bond donors (Lipinski definition) is 1. The summed E-state index contributed by atoms with van der Waals surface area (Å²) in [4.78, 5) is 2.40. The minimum atomic E-state index is 0.445. The van der Waals surface area contributed by atoms with Gasteiger partial charge in [-0.1, -0.05) is 24.6 Å². The molecule has 5 heteroatoms. The monoisotopic (exact) mass is 312 g/mol. The van der Waals surface area contributed by atoms with Crippen LogP contribution in [0.25, 0.3) is 0 Å². The fraction of sp³-hybridized carbons (Fsp3) is 0.625. The predicted molar refractivity (Wildman–Crippen MR) is 87.3 cm³/mol. The van der Waals surface area contributed by atoms with Crippen molar-refractivity contribution in [2.24, 2.45) is 0 Å². The zero-order chi connectivity index (χ0) is 15.1. The van der Waals surface area contributed by atoms with Crippen LogP contribution in [0.5, 0.6) is 0 Å². The second kappa shape index (κ2) is 8.59. The molecule has 1 aliphatic heterocycles. The number of benzene rings is 1. The molecule has 1 atom stereocenters. The predicted octanol–water partition coefficient (Wildman–Crippen LogP) is 2.69. The van der Waals surface area contributed by atoms with Crippen LogP contribution in [-0.2, 0) is 16.0 Å². The van der Waals surface area contributed by atoms with E-state index in [2.05, 4.69) is 35.3 Å². The first kappa shape index (κ1) is 16.6. The zero-order valence-electron chi connectivity index (χ0n) is 12.9. The van der Waals surface area contributed by atoms with Gasteiger partial charge < -0.3 is 19.7 Å². The van der Waals surface area contributed by atoms with Gasteiger partial charge in [-0.25, -0.2) is 0 Å². The summed E-state index contributed by atoms with van der Waals surface area (Å²) < 4.78 is 10.6. The standard InChI is InChI=1S/C16H25ClN2O2/c1-3-14-12-21-9-7-19(14)15-5-4-13(16(17)10-15)11-18-6-8-20-2/h4-5,10,14,18H,3,6-9,11-12H2,1-2H3. The van der Waals surface area contributed by atoms with Crippen LogP contribution in [0, 0.1) is 0 Å². The largest absolute Gasteiger partial charge is 0.383 e. The van der Waals surface area contributed by atoms with Crippen molar-refractivity contribution in [1.29, 1.82) is 0 Å². The molecule has 0 spiro atoms. The van der Waals surface area contributed by atoms with E-state index < -0.39 is 0 Å². The lowest BCUT2D eigenvalue weighted by molar-refractivity contribution is 0.0930. The quantitative estimate of drug-likeness (QED) is 0.785. The van der Waals surface area contributed by atoms with Crippen molar-refractivity contribution in [2.45, 2.75) is 25.9 Å². The Labute approximate surface area is 132 Å². The first-order valence-electron chi connectivity index (χ1n) is 7.58. The molecule has 2 rings (SSSR count). The number of methoxy groups -OCH3 is 1. The van der Waals surface area contributed by atoms with Gasteiger partial charge in [-0.2, -0.15) is 0 Å². The number of nitrogens with one attached hydrogen (secondary N) is 1. The van der Waals surface area contributed by atoms with Gasteiger partial charge in [0.1, 0.15) is 0 Å². The fourth-order valence-corrected chi connectivity index (χ4v) is 2.83. The van der Waals surface area contributed by atoms with Gasteiger partial charge in [0.15, 0.2) is 0 Å². The smallest absolute Gasteiger partial charge is 0.0670 e. The second-order valence-corrected chi connectivity index (χ2v) is 5.68. The van der Waals surface area contributed by atoms with E-state index in [9.17, 15) is 0 Å². The van der Waals surface area contributed by atoms with Gasteiger partial charge in [-0.15, -0.1) is 0 Å². The minimum absolute atomic E-state index is 0.445. The number of nitrogens with zero attached hydrogens (tertiary/aromatic N) is 1. The van der Waals surface area contributed by atoms with Gasteiger partial charge in [-0.05, 0) is 24.1 Å². The molecule has 1 fully saturated rings. The van der Waals surface area contributed by atoms with Gasteiger partial charge in [-0.3, -0.25) is 0 Å². The van der Waals surface area contributed by atoms with Crippen molar-refractivity contribution in [2.75, 3.05) is 44.9 Å². The molecule has 0 aliphatic carbocycles. The van der Waals surface area contributed by atoms with E-state index in [1.54, 1.807) is 7.11 Å². The van der Waals surface area contributed by atoms with Crippen molar-refractivity contribution in [1.82, 2.24) is 5.32 Å². The first-order valence-corrected chi connectivity index (χ1v) is 7.96. The highest BCUT2D eigenvalue weighted by Crippen LogP contribution is 2.27. The fourth-order valence-electron chi connectivity index (χ4n) is 2.59. The van der Waals surface area contributed by atoms with Crippen LogP contribution in [0.1, 0.15) is 18.9 Å². The van der Waals surface area contributed by atoms with E-state index in [1.165, 1.54) is 5.69 Å². The van der Waals surface area contributed by atoms with Gasteiger partial charge in [0.05, 0.1) is 25.9 Å². The molecule has 1 aliphatic rings. The summed E-state index contributed by atoms with van der Waals surface area (Å²) in [5.74, 6) is 0. The third kappa shape index (κ3) is 4.58. The van der Waals surface area contributed by atoms with E-state index in [0.717, 1.165) is 49.9 Å². The summed E-state index contributed by atoms with van der Waals surface area (Å²) in [6.07, 6.45) is 1.08. The SMILES string of the molecule is CCC1COCCN1c1ccc(CNCCOC)c(Cl)c1. The average Bonchev–Trinajstić information content (AvgIpc) is 2.52. The van der Waals surface area contributed by atoms with E-state index in [1.807, 2.05) is 0 Å². The van der Waals surface area contributed by atoms with Crippen molar-refractivity contribution in [3.8, 4) is 0 Å². The van der Waals surface area contributed by atoms with E-state index in [0.29, 0.717) is 12.6 Å². The second-order valence-electron chi connectivity index (χ2n) is 5.28. The summed E-state index contributed by atoms with van der Waals surface area (Å²) in [6.45, 7) is 7.02.